The molecule has 4 nitrogen and oxygen atoms in total. The van der Waals surface area contributed by atoms with E-state index in [1.165, 1.54) is 19.3 Å². The predicted molar refractivity (Wildman–Crippen MR) is 71.3 cm³/mol. The fraction of sp³-hybridized carbons (Fsp3) is 0.929. The van der Waals surface area contributed by atoms with Crippen LogP contribution < -0.4 is 5.73 Å². The van der Waals surface area contributed by atoms with Gasteiger partial charge in [0.15, 0.2) is 0 Å². The minimum atomic E-state index is -0.417. The van der Waals surface area contributed by atoms with Crippen LogP contribution in [0.2, 0.25) is 0 Å². The molecule has 2 rings (SSSR count). The Kier molecular flexibility index (Phi) is 3.58. The zero-order chi connectivity index (χ0) is 13.4. The first kappa shape index (κ1) is 13.7. The van der Waals surface area contributed by atoms with E-state index in [9.17, 15) is 4.79 Å². The first-order valence-corrected chi connectivity index (χ1v) is 7.02. The second kappa shape index (κ2) is 4.72. The zero-order valence-electron chi connectivity index (χ0n) is 11.9. The summed E-state index contributed by atoms with van der Waals surface area (Å²) in [5.74, 6) is 0.614. The highest BCUT2D eigenvalue weighted by Gasteiger charge is 2.43. The molecular formula is C14H26N2O2. The van der Waals surface area contributed by atoms with Gasteiger partial charge in [-0.1, -0.05) is 6.42 Å². The number of carbonyl (C=O) groups is 1. The molecule has 1 heterocycles. The van der Waals surface area contributed by atoms with Gasteiger partial charge in [0.25, 0.3) is 0 Å². The Balaban J connectivity index is 2.04. The molecule has 0 aromatic carbocycles. The number of likely N-dealkylation sites (tertiary alicyclic amines) is 1. The molecule has 1 aliphatic carbocycles. The molecule has 0 aromatic heterocycles. The van der Waals surface area contributed by atoms with Crippen molar-refractivity contribution in [1.29, 1.82) is 0 Å². The molecule has 2 N–H and O–H groups in total. The SMILES string of the molecule is CC(C)(C)OC(=O)N1CC2CCCC(CN)(C2)C1. The average Bonchev–Trinajstić information content (AvgIpc) is 2.26. The number of ether oxygens (including phenoxy) is 1. The van der Waals surface area contributed by atoms with Gasteiger partial charge in [-0.15, -0.1) is 0 Å². The van der Waals surface area contributed by atoms with Crippen molar-refractivity contribution in [2.24, 2.45) is 17.1 Å². The molecule has 18 heavy (non-hydrogen) atoms. The van der Waals surface area contributed by atoms with Crippen molar-refractivity contribution in [3.8, 4) is 0 Å². The molecule has 2 bridgehead atoms. The van der Waals surface area contributed by atoms with Crippen LogP contribution in [0.4, 0.5) is 4.79 Å². The van der Waals surface area contributed by atoms with E-state index in [0.717, 1.165) is 19.5 Å². The summed E-state index contributed by atoms with van der Waals surface area (Å²) in [4.78, 5) is 14.0. The first-order valence-electron chi connectivity index (χ1n) is 7.02. The summed E-state index contributed by atoms with van der Waals surface area (Å²) in [6.45, 7) is 8.03. The Morgan fingerprint density at radius 1 is 1.50 bits per heavy atom. The van der Waals surface area contributed by atoms with Crippen molar-refractivity contribution in [1.82, 2.24) is 4.90 Å². The standard InChI is InChI=1S/C14H26N2O2/c1-13(2,3)18-12(17)16-8-11-5-4-6-14(7-11,9-15)10-16/h11H,4-10,15H2,1-3H3. The van der Waals surface area contributed by atoms with Gasteiger partial charge in [-0.3, -0.25) is 0 Å². The number of nitrogens with two attached hydrogens (primary N) is 1. The minimum Gasteiger partial charge on any atom is -0.444 e. The first-order chi connectivity index (χ1) is 8.34. The molecule has 2 fully saturated rings. The summed E-state index contributed by atoms with van der Waals surface area (Å²) >= 11 is 0. The lowest BCUT2D eigenvalue weighted by molar-refractivity contribution is -0.0201. The largest absolute Gasteiger partial charge is 0.444 e. The second-order valence-corrected chi connectivity index (χ2v) is 7.03. The lowest BCUT2D eigenvalue weighted by Crippen LogP contribution is -2.55. The molecule has 1 saturated heterocycles. The second-order valence-electron chi connectivity index (χ2n) is 7.03. The van der Waals surface area contributed by atoms with Gasteiger partial charge >= 0.3 is 6.09 Å². The van der Waals surface area contributed by atoms with Crippen LogP contribution in [-0.2, 0) is 4.74 Å². The van der Waals surface area contributed by atoms with Gasteiger partial charge in [-0.05, 0) is 52.5 Å². The van der Waals surface area contributed by atoms with Crippen LogP contribution in [0.1, 0.15) is 46.5 Å². The minimum absolute atomic E-state index is 0.151. The molecule has 1 amide bonds. The normalized spacial score (nSPS) is 32.2. The Hall–Kier alpha value is -0.770. The molecular weight excluding hydrogens is 228 g/mol. The maximum Gasteiger partial charge on any atom is 0.410 e. The van der Waals surface area contributed by atoms with Gasteiger partial charge in [0.2, 0.25) is 0 Å². The molecule has 1 aliphatic heterocycles. The summed E-state index contributed by atoms with van der Waals surface area (Å²) < 4.78 is 5.48. The van der Waals surface area contributed by atoms with E-state index in [1.54, 1.807) is 0 Å². The van der Waals surface area contributed by atoms with Crippen LogP contribution in [0.3, 0.4) is 0 Å². The smallest absolute Gasteiger partial charge is 0.410 e. The van der Waals surface area contributed by atoms with Crippen molar-refractivity contribution in [3.05, 3.63) is 0 Å². The number of hydrogen-bond acceptors (Lipinski definition) is 3. The number of nitrogens with zero attached hydrogens (tertiary/aromatic N) is 1. The molecule has 0 spiro atoms. The van der Waals surface area contributed by atoms with Gasteiger partial charge in [0.1, 0.15) is 5.60 Å². The summed E-state index contributed by atoms with van der Waals surface area (Å²) in [6, 6.07) is 0. The van der Waals surface area contributed by atoms with Crippen LogP contribution in [0.25, 0.3) is 0 Å². The number of rotatable bonds is 1. The quantitative estimate of drug-likeness (QED) is 0.781. The molecule has 104 valence electrons. The van der Waals surface area contributed by atoms with Gasteiger partial charge in [-0.25, -0.2) is 4.79 Å². The number of amides is 1. The third kappa shape index (κ3) is 2.97. The predicted octanol–water partition coefficient (Wildman–Crippen LogP) is 2.37. The Labute approximate surface area is 110 Å². The van der Waals surface area contributed by atoms with Crippen molar-refractivity contribution in [3.63, 3.8) is 0 Å². The van der Waals surface area contributed by atoms with E-state index in [-0.39, 0.29) is 11.5 Å². The van der Waals surface area contributed by atoms with E-state index in [2.05, 4.69) is 0 Å². The van der Waals surface area contributed by atoms with Crippen molar-refractivity contribution in [2.45, 2.75) is 52.1 Å². The molecule has 0 aromatic rings. The summed E-state index contributed by atoms with van der Waals surface area (Å²) in [6.07, 6.45) is 4.64. The highest BCUT2D eigenvalue weighted by atomic mass is 16.6. The van der Waals surface area contributed by atoms with E-state index in [0.29, 0.717) is 12.5 Å². The van der Waals surface area contributed by atoms with Crippen LogP contribution in [0, 0.1) is 11.3 Å². The van der Waals surface area contributed by atoms with Gasteiger partial charge < -0.3 is 15.4 Å². The molecule has 0 radical (unpaired) electrons. The number of hydrogen-bond donors (Lipinski definition) is 1. The van der Waals surface area contributed by atoms with Crippen LogP contribution in [0.5, 0.6) is 0 Å². The lowest BCUT2D eigenvalue weighted by Gasteiger charge is -2.49. The highest BCUT2D eigenvalue weighted by Crippen LogP contribution is 2.43. The average molecular weight is 254 g/mol. The van der Waals surface area contributed by atoms with Crippen LogP contribution >= 0.6 is 0 Å². The maximum absolute atomic E-state index is 12.2. The van der Waals surface area contributed by atoms with Gasteiger partial charge in [-0.2, -0.15) is 0 Å². The van der Waals surface area contributed by atoms with Crippen LogP contribution in [0.15, 0.2) is 0 Å². The number of carbonyl (C=O) groups excluding carboxylic acids is 1. The summed E-state index contributed by atoms with van der Waals surface area (Å²) in [7, 11) is 0. The third-order valence-electron chi connectivity index (χ3n) is 4.13. The summed E-state index contributed by atoms with van der Waals surface area (Å²) in [5, 5.41) is 0. The number of fused-ring (bicyclic) bond motifs is 2. The Morgan fingerprint density at radius 3 is 2.83 bits per heavy atom. The zero-order valence-corrected chi connectivity index (χ0v) is 11.9. The third-order valence-corrected chi connectivity index (χ3v) is 4.13. The van der Waals surface area contributed by atoms with Crippen molar-refractivity contribution >= 4 is 6.09 Å². The molecule has 1 saturated carbocycles. The van der Waals surface area contributed by atoms with E-state index < -0.39 is 5.60 Å². The monoisotopic (exact) mass is 254 g/mol. The fourth-order valence-electron chi connectivity index (χ4n) is 3.38. The summed E-state index contributed by atoms with van der Waals surface area (Å²) in [5.41, 5.74) is 5.69. The van der Waals surface area contributed by atoms with Gasteiger partial charge in [0.05, 0.1) is 0 Å². The van der Waals surface area contributed by atoms with Crippen molar-refractivity contribution in [2.75, 3.05) is 19.6 Å². The van der Waals surface area contributed by atoms with Crippen LogP contribution in [-0.4, -0.2) is 36.2 Å². The topological polar surface area (TPSA) is 55.6 Å². The van der Waals surface area contributed by atoms with Crippen molar-refractivity contribution < 1.29 is 9.53 Å². The van der Waals surface area contributed by atoms with E-state index in [1.807, 2.05) is 25.7 Å². The maximum atomic E-state index is 12.2. The van der Waals surface area contributed by atoms with Gasteiger partial charge in [0, 0.05) is 18.5 Å². The Bertz CT molecular complexity index is 324. The molecule has 2 aliphatic rings. The molecule has 4 heteroatoms. The van der Waals surface area contributed by atoms with E-state index >= 15 is 0 Å². The highest BCUT2D eigenvalue weighted by molar-refractivity contribution is 5.68. The molecule has 2 unspecified atom stereocenters. The lowest BCUT2D eigenvalue weighted by atomic mass is 9.67. The fourth-order valence-corrected chi connectivity index (χ4v) is 3.38. The van der Waals surface area contributed by atoms with E-state index in [4.69, 9.17) is 10.5 Å². The Morgan fingerprint density at radius 2 is 2.22 bits per heavy atom. The number of piperidine rings is 1. The molecule has 2 atom stereocenters.